The molecule has 0 spiro atoms. The smallest absolute Gasteiger partial charge is 0.0372 e. The van der Waals surface area contributed by atoms with Gasteiger partial charge in [0.25, 0.3) is 0 Å². The van der Waals surface area contributed by atoms with E-state index < -0.39 is 0 Å². The molecule has 0 fully saturated rings. The van der Waals surface area contributed by atoms with Crippen molar-refractivity contribution in [2.24, 2.45) is 5.92 Å². The van der Waals surface area contributed by atoms with Crippen LogP contribution >= 0.6 is 0 Å². The molecule has 1 heteroatoms. The summed E-state index contributed by atoms with van der Waals surface area (Å²) in [4.78, 5) is 0. The summed E-state index contributed by atoms with van der Waals surface area (Å²) in [6.45, 7) is 5.55. The van der Waals surface area contributed by atoms with Gasteiger partial charge in [-0.3, -0.25) is 0 Å². The third kappa shape index (κ3) is 2.51. The zero-order valence-corrected chi connectivity index (χ0v) is 11.7. The van der Waals surface area contributed by atoms with Crippen molar-refractivity contribution in [3.63, 3.8) is 0 Å². The van der Waals surface area contributed by atoms with Gasteiger partial charge in [0.2, 0.25) is 0 Å². The van der Waals surface area contributed by atoms with Crippen LogP contribution in [0.5, 0.6) is 0 Å². The summed E-state index contributed by atoms with van der Waals surface area (Å²) < 4.78 is 0. The van der Waals surface area contributed by atoms with E-state index in [2.05, 4.69) is 61.6 Å². The molecule has 0 saturated carbocycles. The predicted octanol–water partition coefficient (Wildman–Crippen LogP) is 4.13. The van der Waals surface area contributed by atoms with Crippen LogP contribution in [0.15, 0.2) is 42.5 Å². The molecule has 1 nitrogen and oxygen atoms in total. The van der Waals surface area contributed by atoms with Gasteiger partial charge in [-0.05, 0) is 60.9 Å². The van der Waals surface area contributed by atoms with Crippen LogP contribution in [0.2, 0.25) is 0 Å². The van der Waals surface area contributed by atoms with Crippen LogP contribution in [-0.4, -0.2) is 6.54 Å². The van der Waals surface area contributed by atoms with E-state index in [1.165, 1.54) is 40.8 Å². The second kappa shape index (κ2) is 5.08. The number of hydrogen-bond donors (Lipinski definition) is 1. The van der Waals surface area contributed by atoms with Crippen LogP contribution in [0.25, 0.3) is 0 Å². The predicted molar refractivity (Wildman–Crippen MR) is 81.7 cm³/mol. The summed E-state index contributed by atoms with van der Waals surface area (Å²) >= 11 is 0. The van der Waals surface area contributed by atoms with Gasteiger partial charge in [0, 0.05) is 12.2 Å². The van der Waals surface area contributed by atoms with Crippen molar-refractivity contribution in [2.75, 3.05) is 11.9 Å². The topological polar surface area (TPSA) is 12.0 Å². The molecule has 0 radical (unpaired) electrons. The van der Waals surface area contributed by atoms with Crippen LogP contribution in [0.1, 0.15) is 22.3 Å². The Kier molecular flexibility index (Phi) is 3.29. The van der Waals surface area contributed by atoms with Crippen LogP contribution in [0.3, 0.4) is 0 Å². The number of hydrogen-bond acceptors (Lipinski definition) is 1. The Labute approximate surface area is 115 Å². The van der Waals surface area contributed by atoms with E-state index in [-0.39, 0.29) is 0 Å². The third-order valence-corrected chi connectivity index (χ3v) is 4.24. The third-order valence-electron chi connectivity index (χ3n) is 4.24. The van der Waals surface area contributed by atoms with Gasteiger partial charge in [-0.1, -0.05) is 36.4 Å². The first-order chi connectivity index (χ1) is 9.24. The Morgan fingerprint density at radius 2 is 1.74 bits per heavy atom. The number of fused-ring (bicyclic) bond motifs is 1. The van der Waals surface area contributed by atoms with Crippen molar-refractivity contribution >= 4 is 5.69 Å². The van der Waals surface area contributed by atoms with E-state index >= 15 is 0 Å². The van der Waals surface area contributed by atoms with Gasteiger partial charge in [-0.25, -0.2) is 0 Å². The molecule has 1 aliphatic rings. The Balaban J connectivity index is 1.79. The van der Waals surface area contributed by atoms with E-state index in [1.807, 2.05) is 0 Å². The van der Waals surface area contributed by atoms with Crippen molar-refractivity contribution < 1.29 is 0 Å². The molecular weight excluding hydrogens is 230 g/mol. The van der Waals surface area contributed by atoms with Gasteiger partial charge < -0.3 is 5.32 Å². The number of para-hydroxylation sites is 1. The molecule has 1 heterocycles. The van der Waals surface area contributed by atoms with Gasteiger partial charge in [0.05, 0.1) is 0 Å². The molecule has 0 bridgehead atoms. The Morgan fingerprint density at radius 1 is 1.00 bits per heavy atom. The monoisotopic (exact) mass is 251 g/mol. The van der Waals surface area contributed by atoms with E-state index in [1.54, 1.807) is 0 Å². The van der Waals surface area contributed by atoms with Gasteiger partial charge in [0.1, 0.15) is 0 Å². The highest BCUT2D eigenvalue weighted by Gasteiger charge is 2.19. The van der Waals surface area contributed by atoms with Gasteiger partial charge >= 0.3 is 0 Å². The van der Waals surface area contributed by atoms with Crippen LogP contribution in [0.4, 0.5) is 5.69 Å². The highest BCUT2D eigenvalue weighted by atomic mass is 14.9. The first-order valence-corrected chi connectivity index (χ1v) is 7.11. The number of benzene rings is 2. The van der Waals surface area contributed by atoms with E-state index in [9.17, 15) is 0 Å². The molecule has 98 valence electrons. The first-order valence-electron chi connectivity index (χ1n) is 7.11. The molecule has 19 heavy (non-hydrogen) atoms. The van der Waals surface area contributed by atoms with Crippen molar-refractivity contribution in [1.82, 2.24) is 0 Å². The Morgan fingerprint density at radius 3 is 2.53 bits per heavy atom. The maximum absolute atomic E-state index is 3.57. The highest BCUT2D eigenvalue weighted by molar-refractivity contribution is 5.53. The fourth-order valence-electron chi connectivity index (χ4n) is 3.11. The normalized spacial score (nSPS) is 17.7. The molecule has 1 unspecified atom stereocenters. The van der Waals surface area contributed by atoms with E-state index in [0.717, 1.165) is 6.54 Å². The molecule has 2 aromatic rings. The number of aryl methyl sites for hydroxylation is 2. The summed E-state index contributed by atoms with van der Waals surface area (Å²) in [5, 5.41) is 3.57. The molecule has 1 aliphatic heterocycles. The first kappa shape index (κ1) is 12.3. The summed E-state index contributed by atoms with van der Waals surface area (Å²) in [6, 6.07) is 15.3. The molecule has 0 amide bonds. The lowest BCUT2D eigenvalue weighted by Gasteiger charge is -2.27. The zero-order valence-electron chi connectivity index (χ0n) is 11.7. The number of nitrogens with one attached hydrogen (secondary N) is 1. The quantitative estimate of drug-likeness (QED) is 0.846. The molecule has 1 N–H and O–H groups in total. The Bertz CT molecular complexity index is 566. The molecule has 0 saturated heterocycles. The highest BCUT2D eigenvalue weighted by Crippen LogP contribution is 2.27. The second-order valence-corrected chi connectivity index (χ2v) is 5.68. The van der Waals surface area contributed by atoms with Gasteiger partial charge in [0.15, 0.2) is 0 Å². The molecule has 3 rings (SSSR count). The minimum absolute atomic E-state index is 0.703. The lowest BCUT2D eigenvalue weighted by atomic mass is 9.86. The Hall–Kier alpha value is -1.76. The average molecular weight is 251 g/mol. The van der Waals surface area contributed by atoms with Crippen molar-refractivity contribution in [3.8, 4) is 0 Å². The van der Waals surface area contributed by atoms with Crippen LogP contribution < -0.4 is 5.32 Å². The molecule has 0 aliphatic carbocycles. The maximum Gasteiger partial charge on any atom is 0.0372 e. The summed E-state index contributed by atoms with van der Waals surface area (Å²) in [5.41, 5.74) is 7.18. The largest absolute Gasteiger partial charge is 0.385 e. The zero-order chi connectivity index (χ0) is 13.2. The van der Waals surface area contributed by atoms with Crippen molar-refractivity contribution in [2.45, 2.75) is 26.7 Å². The van der Waals surface area contributed by atoms with Gasteiger partial charge in [-0.2, -0.15) is 0 Å². The molecule has 2 aromatic carbocycles. The van der Waals surface area contributed by atoms with E-state index in [4.69, 9.17) is 0 Å². The summed E-state index contributed by atoms with van der Waals surface area (Å²) in [6.07, 6.45) is 2.37. The molecule has 0 aromatic heterocycles. The second-order valence-electron chi connectivity index (χ2n) is 5.68. The van der Waals surface area contributed by atoms with Crippen LogP contribution in [0, 0.1) is 19.8 Å². The lowest BCUT2D eigenvalue weighted by molar-refractivity contribution is 0.533. The minimum atomic E-state index is 0.703. The number of rotatable bonds is 2. The minimum Gasteiger partial charge on any atom is -0.385 e. The average Bonchev–Trinajstić information content (AvgIpc) is 2.43. The standard InChI is InChI=1S/C18H21N/c1-13-6-5-7-14(2)17(13)11-15-10-16-8-3-4-9-18(16)19-12-15/h3-9,15,19H,10-12H2,1-2H3. The van der Waals surface area contributed by atoms with Gasteiger partial charge in [-0.15, -0.1) is 0 Å². The fourth-order valence-corrected chi connectivity index (χ4v) is 3.11. The SMILES string of the molecule is Cc1cccc(C)c1CC1CNc2ccccc2C1. The molecule has 1 atom stereocenters. The summed E-state index contributed by atoms with van der Waals surface area (Å²) in [7, 11) is 0. The fraction of sp³-hybridized carbons (Fsp3) is 0.333. The van der Waals surface area contributed by atoms with E-state index in [0.29, 0.717) is 5.92 Å². The number of anilines is 1. The lowest BCUT2D eigenvalue weighted by Crippen LogP contribution is -2.25. The van der Waals surface area contributed by atoms with Crippen molar-refractivity contribution in [1.29, 1.82) is 0 Å². The van der Waals surface area contributed by atoms with Crippen LogP contribution in [-0.2, 0) is 12.8 Å². The summed E-state index contributed by atoms with van der Waals surface area (Å²) in [5.74, 6) is 0.703. The molecular formula is C18H21N. The maximum atomic E-state index is 3.57. The van der Waals surface area contributed by atoms with Crippen molar-refractivity contribution in [3.05, 3.63) is 64.7 Å².